The molecular weight excluding hydrogens is 307 g/mol. The molecule has 1 N–H and O–H groups in total. The Kier molecular flexibility index (Phi) is 4.69. The highest BCUT2D eigenvalue weighted by molar-refractivity contribution is 5.82. The fraction of sp³-hybridized carbons (Fsp3) is 0.500. The Morgan fingerprint density at radius 3 is 2.36 bits per heavy atom. The predicted octanol–water partition coefficient (Wildman–Crippen LogP) is 2.78. The Bertz CT molecular complexity index is 540. The molecule has 1 heterocycles. The zero-order valence-corrected chi connectivity index (χ0v) is 11.8. The summed E-state index contributed by atoms with van der Waals surface area (Å²) in [5.41, 5.74) is -1.19. The minimum atomic E-state index is -5.00. The van der Waals surface area contributed by atoms with Crippen LogP contribution in [0.1, 0.15) is 24.4 Å². The number of likely N-dealkylation sites (N-methyl/N-ethyl adjacent to an activating group) is 1. The molecule has 2 rings (SSSR count). The molecular formula is C14H15F5N2O. The molecule has 122 valence electrons. The molecule has 2 atom stereocenters. The molecule has 1 aromatic rings. The monoisotopic (exact) mass is 322 g/mol. The summed E-state index contributed by atoms with van der Waals surface area (Å²) in [7, 11) is 1.61. The number of carbonyl (C=O) groups excluding carboxylic acids is 1. The van der Waals surface area contributed by atoms with E-state index in [2.05, 4.69) is 0 Å². The first-order valence-corrected chi connectivity index (χ1v) is 6.73. The highest BCUT2D eigenvalue weighted by Crippen LogP contribution is 2.35. The number of rotatable bonds is 3. The third kappa shape index (κ3) is 3.37. The van der Waals surface area contributed by atoms with Crippen LogP contribution < -0.4 is 5.32 Å². The Hall–Kier alpha value is -1.70. The van der Waals surface area contributed by atoms with Crippen LogP contribution >= 0.6 is 0 Å². The Balaban J connectivity index is 2.30. The van der Waals surface area contributed by atoms with Gasteiger partial charge in [-0.3, -0.25) is 9.69 Å². The van der Waals surface area contributed by atoms with Gasteiger partial charge in [-0.05, 0) is 38.6 Å². The molecule has 1 aromatic carbocycles. The maximum absolute atomic E-state index is 13.6. The fourth-order valence-electron chi connectivity index (χ4n) is 2.58. The second-order valence-corrected chi connectivity index (χ2v) is 5.26. The topological polar surface area (TPSA) is 32.3 Å². The predicted molar refractivity (Wildman–Crippen MR) is 68.9 cm³/mol. The fourth-order valence-corrected chi connectivity index (χ4v) is 2.58. The highest BCUT2D eigenvalue weighted by Gasteiger charge is 2.46. The van der Waals surface area contributed by atoms with Crippen molar-refractivity contribution in [1.29, 1.82) is 0 Å². The molecule has 22 heavy (non-hydrogen) atoms. The maximum atomic E-state index is 13.6. The standard InChI is InChI=1S/C14H15F5N2O/c1-21-7-3-6-10(21)13(22)20-12(14(17,18)19)11-8(15)4-2-5-9(11)16/h2,4-5,10,12H,3,6-7H2,1H3,(H,20,22). The van der Waals surface area contributed by atoms with Crippen molar-refractivity contribution in [3.63, 3.8) is 0 Å². The lowest BCUT2D eigenvalue weighted by molar-refractivity contribution is -0.165. The van der Waals surface area contributed by atoms with Crippen molar-refractivity contribution < 1.29 is 26.7 Å². The lowest BCUT2D eigenvalue weighted by Crippen LogP contribution is -2.47. The van der Waals surface area contributed by atoms with Gasteiger partial charge in [-0.25, -0.2) is 8.78 Å². The van der Waals surface area contributed by atoms with Crippen molar-refractivity contribution in [3.8, 4) is 0 Å². The number of carbonyl (C=O) groups is 1. The van der Waals surface area contributed by atoms with E-state index in [1.807, 2.05) is 0 Å². The third-order valence-electron chi connectivity index (χ3n) is 3.73. The van der Waals surface area contributed by atoms with Gasteiger partial charge in [0.2, 0.25) is 5.91 Å². The van der Waals surface area contributed by atoms with Crippen LogP contribution in [0.4, 0.5) is 22.0 Å². The van der Waals surface area contributed by atoms with Gasteiger partial charge in [0.15, 0.2) is 6.04 Å². The van der Waals surface area contributed by atoms with Gasteiger partial charge < -0.3 is 5.32 Å². The molecule has 2 unspecified atom stereocenters. The van der Waals surface area contributed by atoms with E-state index in [0.29, 0.717) is 19.4 Å². The summed E-state index contributed by atoms with van der Waals surface area (Å²) in [6.45, 7) is 0.586. The quantitative estimate of drug-likeness (QED) is 0.868. The van der Waals surface area contributed by atoms with E-state index in [0.717, 1.165) is 18.2 Å². The highest BCUT2D eigenvalue weighted by atomic mass is 19.4. The number of nitrogens with one attached hydrogen (secondary N) is 1. The first-order chi connectivity index (χ1) is 10.2. The lowest BCUT2D eigenvalue weighted by atomic mass is 10.0. The Morgan fingerprint density at radius 1 is 1.32 bits per heavy atom. The summed E-state index contributed by atoms with van der Waals surface area (Å²) < 4.78 is 66.7. The van der Waals surface area contributed by atoms with Gasteiger partial charge >= 0.3 is 6.18 Å². The van der Waals surface area contributed by atoms with Crippen LogP contribution in [0.25, 0.3) is 0 Å². The Morgan fingerprint density at radius 2 is 1.91 bits per heavy atom. The van der Waals surface area contributed by atoms with Crippen LogP contribution in [0.15, 0.2) is 18.2 Å². The molecule has 0 aromatic heterocycles. The van der Waals surface area contributed by atoms with Crippen LogP contribution in [-0.4, -0.2) is 36.6 Å². The minimum Gasteiger partial charge on any atom is -0.339 e. The van der Waals surface area contributed by atoms with Crippen LogP contribution in [0.3, 0.4) is 0 Å². The molecule has 0 saturated carbocycles. The number of alkyl halides is 3. The number of likely N-dealkylation sites (tertiary alicyclic amines) is 1. The molecule has 0 aliphatic carbocycles. The van der Waals surface area contributed by atoms with Gasteiger partial charge in [-0.1, -0.05) is 6.07 Å². The van der Waals surface area contributed by atoms with Gasteiger partial charge in [0.05, 0.1) is 11.6 Å². The van der Waals surface area contributed by atoms with E-state index >= 15 is 0 Å². The summed E-state index contributed by atoms with van der Waals surface area (Å²) in [5.74, 6) is -3.57. The molecule has 1 aliphatic rings. The number of amides is 1. The van der Waals surface area contributed by atoms with Gasteiger partial charge in [0.1, 0.15) is 11.6 Å². The van der Waals surface area contributed by atoms with Crippen molar-refractivity contribution in [2.45, 2.75) is 31.1 Å². The maximum Gasteiger partial charge on any atom is 0.413 e. The average Bonchev–Trinajstić information content (AvgIpc) is 2.82. The van der Waals surface area contributed by atoms with E-state index < -0.39 is 41.4 Å². The van der Waals surface area contributed by atoms with Gasteiger partial charge in [0, 0.05) is 0 Å². The number of halogens is 5. The normalized spacial score (nSPS) is 20.9. The van der Waals surface area contributed by atoms with Gasteiger partial charge in [-0.15, -0.1) is 0 Å². The molecule has 8 heteroatoms. The average molecular weight is 322 g/mol. The number of nitrogens with zero attached hydrogens (tertiary/aromatic N) is 1. The first kappa shape index (κ1) is 16.7. The van der Waals surface area contributed by atoms with Crippen LogP contribution in [-0.2, 0) is 4.79 Å². The van der Waals surface area contributed by atoms with Gasteiger partial charge in [0.25, 0.3) is 0 Å². The molecule has 1 amide bonds. The van der Waals surface area contributed by atoms with Crippen molar-refractivity contribution in [1.82, 2.24) is 10.2 Å². The Labute approximate surface area is 124 Å². The van der Waals surface area contributed by atoms with E-state index in [1.165, 1.54) is 0 Å². The largest absolute Gasteiger partial charge is 0.413 e. The second-order valence-electron chi connectivity index (χ2n) is 5.26. The molecule has 1 aliphatic heterocycles. The number of hydrogen-bond donors (Lipinski definition) is 1. The molecule has 1 fully saturated rings. The van der Waals surface area contributed by atoms with Crippen molar-refractivity contribution in [2.24, 2.45) is 0 Å². The minimum absolute atomic E-state index is 0.409. The van der Waals surface area contributed by atoms with E-state index in [4.69, 9.17) is 0 Å². The SMILES string of the molecule is CN1CCCC1C(=O)NC(c1c(F)cccc1F)C(F)(F)F. The smallest absolute Gasteiger partial charge is 0.339 e. The first-order valence-electron chi connectivity index (χ1n) is 6.73. The lowest BCUT2D eigenvalue weighted by Gasteiger charge is -2.26. The number of benzene rings is 1. The molecule has 1 saturated heterocycles. The zero-order valence-electron chi connectivity index (χ0n) is 11.8. The van der Waals surface area contributed by atoms with Crippen molar-refractivity contribution in [2.75, 3.05) is 13.6 Å². The van der Waals surface area contributed by atoms with Crippen LogP contribution in [0.5, 0.6) is 0 Å². The molecule has 3 nitrogen and oxygen atoms in total. The van der Waals surface area contributed by atoms with Crippen LogP contribution in [0.2, 0.25) is 0 Å². The summed E-state index contributed by atoms with van der Waals surface area (Å²) in [4.78, 5) is 13.6. The third-order valence-corrected chi connectivity index (χ3v) is 3.73. The van der Waals surface area contributed by atoms with E-state index in [1.54, 1.807) is 17.3 Å². The van der Waals surface area contributed by atoms with Crippen molar-refractivity contribution in [3.05, 3.63) is 35.4 Å². The van der Waals surface area contributed by atoms with Gasteiger partial charge in [-0.2, -0.15) is 13.2 Å². The summed E-state index contributed by atoms with van der Waals surface area (Å²) in [6, 6.07) is -1.01. The summed E-state index contributed by atoms with van der Waals surface area (Å²) in [5, 5.41) is 1.74. The molecule has 0 spiro atoms. The summed E-state index contributed by atoms with van der Waals surface area (Å²) in [6.07, 6.45) is -3.91. The number of hydrogen-bond acceptors (Lipinski definition) is 2. The zero-order chi connectivity index (χ0) is 16.5. The summed E-state index contributed by atoms with van der Waals surface area (Å²) >= 11 is 0. The van der Waals surface area contributed by atoms with Crippen LogP contribution in [0, 0.1) is 11.6 Å². The second kappa shape index (κ2) is 6.20. The van der Waals surface area contributed by atoms with E-state index in [9.17, 15) is 26.7 Å². The van der Waals surface area contributed by atoms with Crippen molar-refractivity contribution >= 4 is 5.91 Å². The molecule has 0 radical (unpaired) electrons. The molecule has 0 bridgehead atoms. The van der Waals surface area contributed by atoms with E-state index in [-0.39, 0.29) is 0 Å².